The average Bonchev–Trinajstić information content (AvgIpc) is 2.93. The number of aromatic nitrogens is 2. The highest BCUT2D eigenvalue weighted by Gasteiger charge is 2.28. The van der Waals surface area contributed by atoms with Crippen LogP contribution in [0.4, 0.5) is 0 Å². The fourth-order valence-electron chi connectivity index (χ4n) is 3.09. The molecule has 0 radical (unpaired) electrons. The molecule has 2 heterocycles. The molecule has 0 aliphatic carbocycles. The molecule has 6 nitrogen and oxygen atoms in total. The van der Waals surface area contributed by atoms with Crippen molar-refractivity contribution >= 4 is 27.4 Å². The Morgan fingerprint density at radius 2 is 1.93 bits per heavy atom. The maximum Gasteiger partial charge on any atom is 0.216 e. The van der Waals surface area contributed by atoms with Gasteiger partial charge in [0.2, 0.25) is 15.8 Å². The molecule has 28 heavy (non-hydrogen) atoms. The Morgan fingerprint density at radius 3 is 2.50 bits per heavy atom. The molecule has 0 aliphatic heterocycles. The van der Waals surface area contributed by atoms with Crippen LogP contribution in [0.3, 0.4) is 0 Å². The summed E-state index contributed by atoms with van der Waals surface area (Å²) >= 11 is 6.34. The van der Waals surface area contributed by atoms with E-state index >= 15 is 0 Å². The predicted octanol–water partition coefficient (Wildman–Crippen LogP) is 3.19. The minimum atomic E-state index is -3.90. The van der Waals surface area contributed by atoms with E-state index in [1.807, 2.05) is 19.1 Å². The molecular weight excluding hydrogens is 398 g/mol. The molecular formula is C20H20ClN3O3S. The molecule has 0 aliphatic rings. The van der Waals surface area contributed by atoms with Gasteiger partial charge in [0.1, 0.15) is 10.9 Å². The van der Waals surface area contributed by atoms with Crippen molar-refractivity contribution in [3.05, 3.63) is 88.0 Å². The van der Waals surface area contributed by atoms with Crippen LogP contribution >= 0.6 is 11.6 Å². The SMILES string of the molecule is Cc1ccc(C(=O)c2c(Cl)cc(CC(c3cccnc3)S(N)(=O)=O)n2C)cc1. The number of nitrogens with two attached hydrogens (primary N) is 1. The van der Waals surface area contributed by atoms with Crippen LogP contribution in [-0.2, 0) is 23.5 Å². The zero-order chi connectivity index (χ0) is 20.5. The highest BCUT2D eigenvalue weighted by molar-refractivity contribution is 7.89. The number of ketones is 1. The third kappa shape index (κ3) is 4.16. The summed E-state index contributed by atoms with van der Waals surface area (Å²) < 4.78 is 26.0. The van der Waals surface area contributed by atoms with E-state index in [1.54, 1.807) is 48.1 Å². The molecule has 146 valence electrons. The lowest BCUT2D eigenvalue weighted by molar-refractivity contribution is 0.103. The molecule has 1 aromatic carbocycles. The molecule has 2 aromatic heterocycles. The Morgan fingerprint density at radius 1 is 1.25 bits per heavy atom. The van der Waals surface area contributed by atoms with E-state index in [4.69, 9.17) is 16.7 Å². The Balaban J connectivity index is 1.99. The number of carbonyl (C=O) groups is 1. The van der Waals surface area contributed by atoms with Gasteiger partial charge in [-0.05, 0) is 24.6 Å². The number of nitrogens with zero attached hydrogens (tertiary/aromatic N) is 2. The van der Waals surface area contributed by atoms with Crippen molar-refractivity contribution in [2.24, 2.45) is 12.2 Å². The number of benzene rings is 1. The van der Waals surface area contributed by atoms with Crippen molar-refractivity contribution < 1.29 is 13.2 Å². The van der Waals surface area contributed by atoms with Crippen LogP contribution in [0.15, 0.2) is 54.9 Å². The number of hydrogen-bond donors (Lipinski definition) is 1. The Bertz CT molecular complexity index is 1110. The first-order chi connectivity index (χ1) is 13.2. The number of rotatable bonds is 6. The second-order valence-electron chi connectivity index (χ2n) is 6.65. The summed E-state index contributed by atoms with van der Waals surface area (Å²) in [5.74, 6) is -0.229. The Labute approximate surface area is 169 Å². The van der Waals surface area contributed by atoms with Crippen molar-refractivity contribution in [1.82, 2.24) is 9.55 Å². The number of sulfonamides is 1. The molecule has 0 spiro atoms. The van der Waals surface area contributed by atoms with Gasteiger partial charge < -0.3 is 4.57 Å². The van der Waals surface area contributed by atoms with Crippen molar-refractivity contribution in [2.75, 3.05) is 0 Å². The van der Waals surface area contributed by atoms with E-state index in [2.05, 4.69) is 4.98 Å². The zero-order valence-electron chi connectivity index (χ0n) is 15.5. The maximum absolute atomic E-state index is 12.9. The molecule has 3 rings (SSSR count). The molecule has 1 unspecified atom stereocenters. The second kappa shape index (κ2) is 7.87. The highest BCUT2D eigenvalue weighted by Crippen LogP contribution is 2.29. The number of aryl methyl sites for hydroxylation is 1. The first kappa shape index (κ1) is 20.3. The van der Waals surface area contributed by atoms with Crippen LogP contribution in [0.5, 0.6) is 0 Å². The summed E-state index contributed by atoms with van der Waals surface area (Å²) in [5.41, 5.74) is 2.93. The first-order valence-electron chi connectivity index (χ1n) is 8.55. The smallest absolute Gasteiger partial charge is 0.216 e. The number of hydrogen-bond acceptors (Lipinski definition) is 4. The van der Waals surface area contributed by atoms with Crippen LogP contribution < -0.4 is 5.14 Å². The number of pyridine rings is 1. The minimum Gasteiger partial charge on any atom is -0.344 e. The van der Waals surface area contributed by atoms with E-state index in [9.17, 15) is 13.2 Å². The van der Waals surface area contributed by atoms with Gasteiger partial charge in [-0.15, -0.1) is 0 Å². The van der Waals surface area contributed by atoms with Crippen molar-refractivity contribution in [3.63, 3.8) is 0 Å². The van der Waals surface area contributed by atoms with Crippen molar-refractivity contribution in [1.29, 1.82) is 0 Å². The van der Waals surface area contributed by atoms with E-state index in [0.717, 1.165) is 5.56 Å². The summed E-state index contributed by atoms with van der Waals surface area (Å²) in [6, 6.07) is 12.1. The van der Waals surface area contributed by atoms with Crippen LogP contribution in [0, 0.1) is 6.92 Å². The Hall–Kier alpha value is -2.48. The summed E-state index contributed by atoms with van der Waals surface area (Å²) in [6.07, 6.45) is 3.10. The van der Waals surface area contributed by atoms with Gasteiger partial charge in [0, 0.05) is 37.1 Å². The molecule has 1 atom stereocenters. The van der Waals surface area contributed by atoms with Crippen LogP contribution in [-0.4, -0.2) is 23.8 Å². The largest absolute Gasteiger partial charge is 0.344 e. The monoisotopic (exact) mass is 417 g/mol. The van der Waals surface area contributed by atoms with E-state index in [-0.39, 0.29) is 17.2 Å². The summed E-state index contributed by atoms with van der Waals surface area (Å²) in [6.45, 7) is 1.94. The van der Waals surface area contributed by atoms with Gasteiger partial charge in [-0.3, -0.25) is 9.78 Å². The molecule has 2 N–H and O–H groups in total. The van der Waals surface area contributed by atoms with Crippen LogP contribution in [0.2, 0.25) is 5.02 Å². The van der Waals surface area contributed by atoms with Crippen molar-refractivity contribution in [2.45, 2.75) is 18.6 Å². The topological polar surface area (TPSA) is 95.1 Å². The number of primary sulfonamides is 1. The predicted molar refractivity (Wildman–Crippen MR) is 109 cm³/mol. The van der Waals surface area contributed by atoms with Gasteiger partial charge in [0.05, 0.1) is 5.02 Å². The fourth-order valence-corrected chi connectivity index (χ4v) is 4.35. The summed E-state index contributed by atoms with van der Waals surface area (Å²) in [5, 5.41) is 4.73. The van der Waals surface area contributed by atoms with Crippen LogP contribution in [0.1, 0.15) is 38.1 Å². The third-order valence-electron chi connectivity index (χ3n) is 4.66. The zero-order valence-corrected chi connectivity index (χ0v) is 17.0. The van der Waals surface area contributed by atoms with Crippen LogP contribution in [0.25, 0.3) is 0 Å². The average molecular weight is 418 g/mol. The minimum absolute atomic E-state index is 0.0714. The molecule has 0 fully saturated rings. The first-order valence-corrected chi connectivity index (χ1v) is 10.5. The quantitative estimate of drug-likeness (QED) is 0.623. The van der Waals surface area contributed by atoms with Gasteiger partial charge in [0.15, 0.2) is 0 Å². The molecule has 0 amide bonds. The molecule has 0 bridgehead atoms. The molecule has 3 aromatic rings. The molecule has 8 heteroatoms. The maximum atomic E-state index is 12.9. The van der Waals surface area contributed by atoms with E-state index in [1.165, 1.54) is 6.20 Å². The number of halogens is 1. The van der Waals surface area contributed by atoms with Gasteiger partial charge in [0.25, 0.3) is 0 Å². The van der Waals surface area contributed by atoms with Gasteiger partial charge >= 0.3 is 0 Å². The van der Waals surface area contributed by atoms with Gasteiger partial charge in [-0.2, -0.15) is 0 Å². The lowest BCUT2D eigenvalue weighted by Gasteiger charge is -2.16. The fraction of sp³-hybridized carbons (Fsp3) is 0.200. The lowest BCUT2D eigenvalue weighted by atomic mass is 10.1. The molecule has 0 saturated heterocycles. The highest BCUT2D eigenvalue weighted by atomic mass is 35.5. The van der Waals surface area contributed by atoms with Crippen molar-refractivity contribution in [3.8, 4) is 0 Å². The summed E-state index contributed by atoms with van der Waals surface area (Å²) in [7, 11) is -2.21. The van der Waals surface area contributed by atoms with Gasteiger partial charge in [-0.1, -0.05) is 47.5 Å². The standard InChI is InChI=1S/C20H20ClN3O3S/c1-13-5-7-14(8-6-13)20(25)19-17(21)10-16(24(19)2)11-18(28(22,26)27)15-4-3-9-23-12-15/h3-10,12,18H,11H2,1-2H3,(H2,22,26,27). The molecule has 0 saturated carbocycles. The van der Waals surface area contributed by atoms with E-state index < -0.39 is 15.3 Å². The Kier molecular flexibility index (Phi) is 5.69. The van der Waals surface area contributed by atoms with Gasteiger partial charge in [-0.25, -0.2) is 13.6 Å². The number of carbonyl (C=O) groups excluding carboxylic acids is 1. The van der Waals surface area contributed by atoms with E-state index in [0.29, 0.717) is 22.5 Å². The third-order valence-corrected chi connectivity index (χ3v) is 6.18. The lowest BCUT2D eigenvalue weighted by Crippen LogP contribution is -2.24. The second-order valence-corrected chi connectivity index (χ2v) is 8.81. The normalized spacial score (nSPS) is 12.7. The summed E-state index contributed by atoms with van der Waals surface area (Å²) in [4.78, 5) is 16.9.